The van der Waals surface area contributed by atoms with Crippen LogP contribution >= 0.6 is 15.6 Å². The van der Waals surface area contributed by atoms with Gasteiger partial charge in [0.25, 0.3) is 0 Å². The molecule has 0 saturated carbocycles. The van der Waals surface area contributed by atoms with Gasteiger partial charge in [-0.25, -0.2) is 0 Å². The summed E-state index contributed by atoms with van der Waals surface area (Å²) in [4.78, 5) is 37.3. The molecular formula is H8Ca2O11P2. The summed E-state index contributed by atoms with van der Waals surface area (Å²) in [5.74, 6) is 0. The predicted octanol–water partition coefficient (Wildman–Crippen LogP) is -7.40. The van der Waals surface area contributed by atoms with Gasteiger partial charge in [-0.3, -0.25) is 0 Å². The zero-order valence-corrected chi connectivity index (χ0v) is 13.4. The molecule has 0 aliphatic rings. The maximum atomic E-state index is 9.32. The second-order valence-corrected chi connectivity index (χ2v) is 3.42. The molecule has 0 heterocycles. The van der Waals surface area contributed by atoms with Crippen LogP contribution in [-0.2, 0) is 13.4 Å². The van der Waals surface area contributed by atoms with Crippen LogP contribution < -0.4 is 19.6 Å². The molecule has 0 bridgehead atoms. The standard InChI is InChI=1S/2Ca.H4O7P2.4H2O/c;;1-8(2,3)7-9(4,5)6;;;;/h;;(H2,1,2,3)(H2,4,5,6);4*1H2/q2*+2;;;;;/p-4. The monoisotopic (exact) mass is 326 g/mol. The third-order valence-electron chi connectivity index (χ3n) is 0.200. The van der Waals surface area contributed by atoms with Crippen molar-refractivity contribution in [1.82, 2.24) is 0 Å². The Morgan fingerprint density at radius 2 is 0.800 bits per heavy atom. The summed E-state index contributed by atoms with van der Waals surface area (Å²) in [6.07, 6.45) is 0. The normalized spacial score (nSPS) is 8.27. The van der Waals surface area contributed by atoms with Crippen LogP contribution in [0.5, 0.6) is 0 Å². The summed E-state index contributed by atoms with van der Waals surface area (Å²) < 4.78 is 21.2. The average molecular weight is 326 g/mol. The van der Waals surface area contributed by atoms with Crippen LogP contribution in [-0.4, -0.2) is 97.4 Å². The first kappa shape index (κ1) is 43.2. The van der Waals surface area contributed by atoms with E-state index in [-0.39, 0.29) is 97.4 Å². The van der Waals surface area contributed by atoms with E-state index in [1.54, 1.807) is 0 Å². The molecule has 0 rings (SSSR count). The molecule has 11 nitrogen and oxygen atoms in total. The molecule has 0 spiro atoms. The Balaban J connectivity index is -0.0000000213. The second kappa shape index (κ2) is 16.6. The van der Waals surface area contributed by atoms with Crippen LogP contribution in [0.4, 0.5) is 0 Å². The van der Waals surface area contributed by atoms with Crippen molar-refractivity contribution < 1.29 is 54.9 Å². The van der Waals surface area contributed by atoms with E-state index in [0.29, 0.717) is 0 Å². The number of hydrogen-bond acceptors (Lipinski definition) is 7. The van der Waals surface area contributed by atoms with Gasteiger partial charge in [-0.05, 0) is 0 Å². The molecular weight excluding hydrogens is 318 g/mol. The van der Waals surface area contributed by atoms with Crippen molar-refractivity contribution in [2.45, 2.75) is 0 Å². The Bertz CT molecular complexity index is 157. The van der Waals surface area contributed by atoms with Crippen molar-refractivity contribution in [3.8, 4) is 0 Å². The predicted molar refractivity (Wildman–Crippen MR) is 42.3 cm³/mol. The fraction of sp³-hybridized carbons (Fsp3) is 0. The Morgan fingerprint density at radius 1 is 0.667 bits per heavy atom. The van der Waals surface area contributed by atoms with E-state index in [2.05, 4.69) is 4.31 Å². The average Bonchev–Trinajstić information content (AvgIpc) is 1.14. The minimum atomic E-state index is -5.68. The maximum absolute atomic E-state index is 9.32. The number of hydrogen-bond donors (Lipinski definition) is 0. The first-order valence-electron chi connectivity index (χ1n) is 1.46. The first-order chi connectivity index (χ1) is 3.71. The summed E-state index contributed by atoms with van der Waals surface area (Å²) >= 11 is 0. The van der Waals surface area contributed by atoms with Gasteiger partial charge in [0.05, 0.1) is 15.6 Å². The van der Waals surface area contributed by atoms with Gasteiger partial charge >= 0.3 is 75.5 Å². The summed E-state index contributed by atoms with van der Waals surface area (Å²) in [6, 6.07) is 0. The molecule has 0 amide bonds. The largest absolute Gasteiger partial charge is 2.00 e. The fourth-order valence-corrected chi connectivity index (χ4v) is 1.10. The molecule has 15 heavy (non-hydrogen) atoms. The van der Waals surface area contributed by atoms with E-state index < -0.39 is 15.6 Å². The Morgan fingerprint density at radius 3 is 0.800 bits per heavy atom. The van der Waals surface area contributed by atoms with Gasteiger partial charge in [-0.1, -0.05) is 0 Å². The Labute approximate surface area is 144 Å². The number of rotatable bonds is 2. The minimum Gasteiger partial charge on any atom is -0.790 e. The summed E-state index contributed by atoms with van der Waals surface area (Å²) in [7, 11) is -11.4. The third kappa shape index (κ3) is 47.8. The summed E-state index contributed by atoms with van der Waals surface area (Å²) in [5.41, 5.74) is 0. The van der Waals surface area contributed by atoms with Crippen LogP contribution in [0.15, 0.2) is 0 Å². The zero-order valence-electron chi connectivity index (χ0n) is 7.17. The molecule has 0 aromatic rings. The van der Waals surface area contributed by atoms with Gasteiger partial charge in [0.1, 0.15) is 0 Å². The van der Waals surface area contributed by atoms with Gasteiger partial charge in [0.2, 0.25) is 0 Å². The van der Waals surface area contributed by atoms with E-state index in [0.717, 1.165) is 0 Å². The van der Waals surface area contributed by atoms with Crippen molar-refractivity contribution in [2.24, 2.45) is 0 Å². The van der Waals surface area contributed by atoms with Gasteiger partial charge in [0, 0.05) is 0 Å². The van der Waals surface area contributed by atoms with Crippen molar-refractivity contribution in [3.63, 3.8) is 0 Å². The van der Waals surface area contributed by atoms with Gasteiger partial charge in [-0.2, -0.15) is 0 Å². The third-order valence-corrected chi connectivity index (χ3v) is 1.80. The molecule has 8 N–H and O–H groups in total. The smallest absolute Gasteiger partial charge is 0.790 e. The molecule has 0 atom stereocenters. The molecule has 0 radical (unpaired) electrons. The van der Waals surface area contributed by atoms with E-state index in [1.807, 2.05) is 0 Å². The van der Waals surface area contributed by atoms with E-state index in [9.17, 15) is 28.7 Å². The van der Waals surface area contributed by atoms with Crippen molar-refractivity contribution in [1.29, 1.82) is 0 Å². The molecule has 15 heteroatoms. The molecule has 0 fully saturated rings. The number of phosphoric acid groups is 2. The molecule has 0 unspecified atom stereocenters. The van der Waals surface area contributed by atoms with Crippen LogP contribution in [0, 0.1) is 0 Å². The van der Waals surface area contributed by atoms with E-state index in [1.165, 1.54) is 0 Å². The molecule has 0 aliphatic carbocycles. The summed E-state index contributed by atoms with van der Waals surface area (Å²) in [6.45, 7) is 0. The molecule has 0 aromatic carbocycles. The fourth-order valence-electron chi connectivity index (χ4n) is 0.122. The topological polar surface area (TPSA) is 262 Å². The first-order valence-corrected chi connectivity index (χ1v) is 4.38. The van der Waals surface area contributed by atoms with Gasteiger partial charge in [0.15, 0.2) is 0 Å². The van der Waals surface area contributed by atoms with Crippen molar-refractivity contribution in [2.75, 3.05) is 0 Å². The molecule has 0 aliphatic heterocycles. The van der Waals surface area contributed by atoms with Crippen LogP contribution in [0.25, 0.3) is 0 Å². The summed E-state index contributed by atoms with van der Waals surface area (Å²) in [5, 5.41) is 0. The van der Waals surface area contributed by atoms with Crippen molar-refractivity contribution in [3.05, 3.63) is 0 Å². The Kier molecular flexibility index (Phi) is 47.8. The van der Waals surface area contributed by atoms with Crippen LogP contribution in [0.1, 0.15) is 0 Å². The zero-order chi connectivity index (χ0) is 7.71. The Hall–Kier alpha value is 2.62. The minimum absolute atomic E-state index is 0. The van der Waals surface area contributed by atoms with E-state index in [4.69, 9.17) is 0 Å². The van der Waals surface area contributed by atoms with Gasteiger partial charge < -0.3 is 54.9 Å². The molecule has 0 aromatic heterocycles. The van der Waals surface area contributed by atoms with Crippen molar-refractivity contribution >= 4 is 91.1 Å². The van der Waals surface area contributed by atoms with Crippen LogP contribution in [0.2, 0.25) is 0 Å². The molecule has 88 valence electrons. The van der Waals surface area contributed by atoms with E-state index >= 15 is 0 Å². The maximum Gasteiger partial charge on any atom is 2.00 e. The SMILES string of the molecule is O.O.O.O.O=P([O-])([O-])OP(=O)([O-])[O-].[Ca+2].[Ca+2]. The van der Waals surface area contributed by atoms with Crippen LogP contribution in [0.3, 0.4) is 0 Å². The van der Waals surface area contributed by atoms with Gasteiger partial charge in [-0.15, -0.1) is 0 Å². The second-order valence-electron chi connectivity index (χ2n) is 0.976. The quantitative estimate of drug-likeness (QED) is 0.348. The molecule has 0 saturated heterocycles.